The van der Waals surface area contributed by atoms with Crippen LogP contribution in [0.1, 0.15) is 25.5 Å². The minimum atomic E-state index is 0.410. The average molecular weight is 231 g/mol. The van der Waals surface area contributed by atoms with Gasteiger partial charge in [-0.15, -0.1) is 0 Å². The molecule has 5 heteroatoms. The highest BCUT2D eigenvalue weighted by Gasteiger charge is 2.19. The van der Waals surface area contributed by atoms with Crippen LogP contribution in [0.15, 0.2) is 12.4 Å². The van der Waals surface area contributed by atoms with Crippen LogP contribution in [0.25, 0.3) is 0 Å². The van der Waals surface area contributed by atoms with E-state index in [1.54, 1.807) is 12.4 Å². The Labute approximate surface area is 101 Å². The summed E-state index contributed by atoms with van der Waals surface area (Å²) in [4.78, 5) is 10.5. The maximum Gasteiger partial charge on any atom is 0.183 e. The zero-order chi connectivity index (χ0) is 12.1. The van der Waals surface area contributed by atoms with Crippen LogP contribution in [0.2, 0.25) is 0 Å². The first-order chi connectivity index (χ1) is 8.35. The van der Waals surface area contributed by atoms with Crippen molar-refractivity contribution in [1.29, 1.82) is 5.26 Å². The smallest absolute Gasteiger partial charge is 0.183 e. The van der Waals surface area contributed by atoms with E-state index in [0.29, 0.717) is 17.6 Å². The van der Waals surface area contributed by atoms with E-state index in [1.807, 2.05) is 0 Å². The lowest BCUT2D eigenvalue weighted by Gasteiger charge is -2.25. The van der Waals surface area contributed by atoms with Gasteiger partial charge in [0.05, 0.1) is 0 Å². The summed E-state index contributed by atoms with van der Waals surface area (Å²) in [6, 6.07) is 2.60. The maximum atomic E-state index is 9.03. The van der Waals surface area contributed by atoms with Gasteiger partial charge in [-0.2, -0.15) is 5.26 Å². The molecular formula is C12H17N5. The van der Waals surface area contributed by atoms with Gasteiger partial charge in [0.25, 0.3) is 0 Å². The number of rotatable bonds is 4. The van der Waals surface area contributed by atoms with E-state index in [-0.39, 0.29) is 0 Å². The Morgan fingerprint density at radius 2 is 2.35 bits per heavy atom. The molecule has 1 fully saturated rings. The summed E-state index contributed by atoms with van der Waals surface area (Å²) in [5.74, 6) is 0.700. The average Bonchev–Trinajstić information content (AvgIpc) is 2.89. The molecule has 0 saturated carbocycles. The van der Waals surface area contributed by atoms with Crippen LogP contribution in [0.4, 0.5) is 5.82 Å². The fourth-order valence-electron chi connectivity index (χ4n) is 2.18. The maximum absolute atomic E-state index is 9.03. The molecule has 90 valence electrons. The fourth-order valence-corrected chi connectivity index (χ4v) is 2.18. The lowest BCUT2D eigenvalue weighted by atomic mass is 10.2. The summed E-state index contributed by atoms with van der Waals surface area (Å²) < 4.78 is 0. The summed E-state index contributed by atoms with van der Waals surface area (Å²) in [5, 5.41) is 12.5. The molecule has 1 aromatic heterocycles. The molecule has 1 unspecified atom stereocenters. The molecule has 0 spiro atoms. The summed E-state index contributed by atoms with van der Waals surface area (Å²) in [6.45, 7) is 4.90. The Hall–Kier alpha value is -1.67. The fraction of sp³-hybridized carbons (Fsp3) is 0.583. The molecule has 1 saturated heterocycles. The van der Waals surface area contributed by atoms with Crippen molar-refractivity contribution >= 4 is 5.82 Å². The second-order valence-electron chi connectivity index (χ2n) is 4.17. The van der Waals surface area contributed by atoms with Crippen LogP contribution < -0.4 is 10.2 Å². The Morgan fingerprint density at radius 3 is 3.00 bits per heavy atom. The predicted molar refractivity (Wildman–Crippen MR) is 65.7 cm³/mol. The Bertz CT molecular complexity index is 406. The van der Waals surface area contributed by atoms with Crippen molar-refractivity contribution in [2.75, 3.05) is 24.5 Å². The molecule has 0 aliphatic carbocycles. The summed E-state index contributed by atoms with van der Waals surface area (Å²) >= 11 is 0. The number of likely N-dealkylation sites (N-methyl/N-ethyl adjacent to an activating group) is 1. The Balaban J connectivity index is 2.14. The largest absolute Gasteiger partial charge is 0.353 e. The standard InChI is InChI=1S/C12H17N5/c1-2-17(9-10-4-3-5-14-10)12-11(8-13)15-6-7-16-12/h6-7,10,14H,2-5,9H2,1H3. The lowest BCUT2D eigenvalue weighted by molar-refractivity contribution is 0.583. The molecule has 1 atom stereocenters. The van der Waals surface area contributed by atoms with Gasteiger partial charge < -0.3 is 10.2 Å². The molecule has 2 rings (SSSR count). The molecule has 2 heterocycles. The summed E-state index contributed by atoms with van der Waals surface area (Å²) in [5.41, 5.74) is 0.410. The highest BCUT2D eigenvalue weighted by atomic mass is 15.2. The third kappa shape index (κ3) is 2.71. The first-order valence-electron chi connectivity index (χ1n) is 6.04. The normalized spacial score (nSPS) is 18.9. The van der Waals surface area contributed by atoms with Crippen molar-refractivity contribution < 1.29 is 0 Å². The lowest BCUT2D eigenvalue weighted by Crippen LogP contribution is -2.38. The van der Waals surface area contributed by atoms with Crippen LogP contribution >= 0.6 is 0 Å². The molecule has 1 aliphatic heterocycles. The van der Waals surface area contributed by atoms with Crippen molar-refractivity contribution in [3.8, 4) is 6.07 Å². The topological polar surface area (TPSA) is 64.8 Å². The molecule has 0 radical (unpaired) electrons. The van der Waals surface area contributed by atoms with Crippen LogP contribution in [0, 0.1) is 11.3 Å². The second-order valence-corrected chi connectivity index (χ2v) is 4.17. The number of anilines is 1. The SMILES string of the molecule is CCN(CC1CCCN1)c1nccnc1C#N. The zero-order valence-corrected chi connectivity index (χ0v) is 10.1. The number of hydrogen-bond donors (Lipinski definition) is 1. The molecule has 5 nitrogen and oxygen atoms in total. The molecule has 0 amide bonds. The number of nitrogens with one attached hydrogen (secondary N) is 1. The summed E-state index contributed by atoms with van der Waals surface area (Å²) in [7, 11) is 0. The number of nitriles is 1. The molecule has 1 aromatic rings. The summed E-state index contributed by atoms with van der Waals surface area (Å²) in [6.07, 6.45) is 5.62. The van der Waals surface area contributed by atoms with E-state index in [4.69, 9.17) is 5.26 Å². The highest BCUT2D eigenvalue weighted by Crippen LogP contribution is 2.16. The molecule has 17 heavy (non-hydrogen) atoms. The van der Waals surface area contributed by atoms with E-state index in [1.165, 1.54) is 12.8 Å². The van der Waals surface area contributed by atoms with Crippen LogP contribution in [-0.2, 0) is 0 Å². The van der Waals surface area contributed by atoms with Crippen molar-refractivity contribution in [1.82, 2.24) is 15.3 Å². The predicted octanol–water partition coefficient (Wildman–Crippen LogP) is 0.927. The van der Waals surface area contributed by atoms with Crippen LogP contribution in [-0.4, -0.2) is 35.6 Å². The van der Waals surface area contributed by atoms with E-state index >= 15 is 0 Å². The van der Waals surface area contributed by atoms with Gasteiger partial charge in [-0.05, 0) is 26.3 Å². The minimum Gasteiger partial charge on any atom is -0.353 e. The number of hydrogen-bond acceptors (Lipinski definition) is 5. The van der Waals surface area contributed by atoms with E-state index in [0.717, 1.165) is 19.6 Å². The van der Waals surface area contributed by atoms with E-state index in [9.17, 15) is 0 Å². The highest BCUT2D eigenvalue weighted by molar-refractivity contribution is 5.49. The van der Waals surface area contributed by atoms with Gasteiger partial charge >= 0.3 is 0 Å². The Kier molecular flexibility index (Phi) is 3.89. The van der Waals surface area contributed by atoms with Gasteiger partial charge in [-0.1, -0.05) is 0 Å². The molecule has 0 bridgehead atoms. The van der Waals surface area contributed by atoms with Gasteiger partial charge in [0, 0.05) is 31.5 Å². The van der Waals surface area contributed by atoms with Crippen LogP contribution in [0.3, 0.4) is 0 Å². The molecular weight excluding hydrogens is 214 g/mol. The van der Waals surface area contributed by atoms with Crippen LogP contribution in [0.5, 0.6) is 0 Å². The zero-order valence-electron chi connectivity index (χ0n) is 10.1. The van der Waals surface area contributed by atoms with Crippen molar-refractivity contribution in [3.63, 3.8) is 0 Å². The molecule has 1 N–H and O–H groups in total. The second kappa shape index (κ2) is 5.60. The number of aromatic nitrogens is 2. The van der Waals surface area contributed by atoms with Crippen molar-refractivity contribution in [2.45, 2.75) is 25.8 Å². The first kappa shape index (κ1) is 11.8. The van der Waals surface area contributed by atoms with E-state index in [2.05, 4.69) is 33.2 Å². The first-order valence-corrected chi connectivity index (χ1v) is 6.04. The Morgan fingerprint density at radius 1 is 1.53 bits per heavy atom. The van der Waals surface area contributed by atoms with Crippen molar-refractivity contribution in [2.24, 2.45) is 0 Å². The van der Waals surface area contributed by atoms with Gasteiger partial charge in [0.1, 0.15) is 6.07 Å². The van der Waals surface area contributed by atoms with E-state index < -0.39 is 0 Å². The monoisotopic (exact) mass is 231 g/mol. The minimum absolute atomic E-state index is 0.410. The number of nitrogens with zero attached hydrogens (tertiary/aromatic N) is 4. The third-order valence-electron chi connectivity index (χ3n) is 3.07. The van der Waals surface area contributed by atoms with Crippen molar-refractivity contribution in [3.05, 3.63) is 18.1 Å². The third-order valence-corrected chi connectivity index (χ3v) is 3.07. The van der Waals surface area contributed by atoms with Gasteiger partial charge in [-0.25, -0.2) is 9.97 Å². The quantitative estimate of drug-likeness (QED) is 0.835. The molecule has 0 aromatic carbocycles. The molecule has 1 aliphatic rings. The van der Waals surface area contributed by atoms with Gasteiger partial charge in [0.15, 0.2) is 11.5 Å². The van der Waals surface area contributed by atoms with Gasteiger partial charge in [-0.3, -0.25) is 0 Å². The van der Waals surface area contributed by atoms with Gasteiger partial charge in [0.2, 0.25) is 0 Å².